The zero-order valence-corrected chi connectivity index (χ0v) is 18.3. The number of nitrogens with one attached hydrogen (secondary N) is 2. The van der Waals surface area contributed by atoms with Crippen molar-refractivity contribution in [3.05, 3.63) is 88.5 Å². The van der Waals surface area contributed by atoms with Gasteiger partial charge in [0.25, 0.3) is 0 Å². The highest BCUT2D eigenvalue weighted by molar-refractivity contribution is 6.04. The van der Waals surface area contributed by atoms with Crippen LogP contribution in [-0.2, 0) is 14.3 Å². The van der Waals surface area contributed by atoms with E-state index in [4.69, 9.17) is 4.74 Å². The summed E-state index contributed by atoms with van der Waals surface area (Å²) in [5, 5.41) is 3.40. The highest BCUT2D eigenvalue weighted by Crippen LogP contribution is 2.45. The first-order chi connectivity index (χ1) is 15.0. The Labute approximate surface area is 183 Å². The molecule has 1 aliphatic heterocycles. The molecule has 0 radical (unpaired) electrons. The molecule has 2 aliphatic rings. The highest BCUT2D eigenvalue weighted by atomic mass is 16.5. The Morgan fingerprint density at radius 3 is 2.48 bits per heavy atom. The standard InChI is InChI=1S/C26H28N2O3/c1-16(2)15-31-26(30)23-17(3)28-21-13-20(18-7-5-4-6-8-18)14-22(29)25(21)24(23)19-9-11-27-12-10-19/h4-12,16,20,24,28H,13-15H2,1-3H3/p+1. The first kappa shape index (κ1) is 21.0. The Balaban J connectivity index is 1.75. The normalized spacial score (nSPS) is 21.1. The van der Waals surface area contributed by atoms with Crippen LogP contribution in [0.2, 0.25) is 0 Å². The summed E-state index contributed by atoms with van der Waals surface area (Å²) in [6.45, 7) is 6.26. The van der Waals surface area contributed by atoms with Gasteiger partial charge in [-0.1, -0.05) is 44.2 Å². The lowest BCUT2D eigenvalue weighted by Crippen LogP contribution is -2.36. The van der Waals surface area contributed by atoms with Gasteiger partial charge < -0.3 is 10.1 Å². The lowest BCUT2D eigenvalue weighted by atomic mass is 9.72. The molecular formula is C26H29N2O3+. The van der Waals surface area contributed by atoms with Gasteiger partial charge in [0.15, 0.2) is 18.2 Å². The molecule has 5 heteroatoms. The molecule has 0 saturated carbocycles. The number of rotatable bonds is 5. The molecule has 31 heavy (non-hydrogen) atoms. The summed E-state index contributed by atoms with van der Waals surface area (Å²) in [7, 11) is 0. The van der Waals surface area contributed by atoms with E-state index in [1.54, 1.807) is 0 Å². The molecule has 0 saturated heterocycles. The number of pyridine rings is 1. The average Bonchev–Trinajstić information content (AvgIpc) is 2.77. The molecule has 1 aromatic carbocycles. The van der Waals surface area contributed by atoms with E-state index in [0.717, 1.165) is 23.4 Å². The average molecular weight is 418 g/mol. The zero-order valence-electron chi connectivity index (χ0n) is 18.3. The van der Waals surface area contributed by atoms with Crippen molar-refractivity contribution < 1.29 is 19.3 Å². The Morgan fingerprint density at radius 1 is 1.10 bits per heavy atom. The van der Waals surface area contributed by atoms with Crippen LogP contribution < -0.4 is 10.3 Å². The first-order valence-corrected chi connectivity index (χ1v) is 10.9. The number of H-pyrrole nitrogens is 1. The zero-order chi connectivity index (χ0) is 22.0. The Bertz CT molecular complexity index is 1040. The number of carbonyl (C=O) groups excluding carboxylic acids is 2. The van der Waals surface area contributed by atoms with Crippen LogP contribution in [0.25, 0.3) is 0 Å². The fourth-order valence-corrected chi connectivity index (χ4v) is 4.52. The number of hydrogen-bond acceptors (Lipinski definition) is 4. The van der Waals surface area contributed by atoms with E-state index in [0.29, 0.717) is 24.2 Å². The van der Waals surface area contributed by atoms with Crippen molar-refractivity contribution >= 4 is 11.8 Å². The third kappa shape index (κ3) is 4.31. The molecule has 2 unspecified atom stereocenters. The number of aromatic nitrogens is 1. The molecule has 2 N–H and O–H groups in total. The fraction of sp³-hybridized carbons (Fsp3) is 0.346. The third-order valence-corrected chi connectivity index (χ3v) is 5.94. The van der Waals surface area contributed by atoms with E-state index >= 15 is 0 Å². The summed E-state index contributed by atoms with van der Waals surface area (Å²) < 4.78 is 5.59. The van der Waals surface area contributed by atoms with Gasteiger partial charge in [-0.25, -0.2) is 9.78 Å². The highest BCUT2D eigenvalue weighted by Gasteiger charge is 2.41. The molecule has 0 amide bonds. The molecule has 0 bridgehead atoms. The molecule has 2 atom stereocenters. The van der Waals surface area contributed by atoms with Crippen LogP contribution in [0.5, 0.6) is 0 Å². The van der Waals surface area contributed by atoms with Crippen LogP contribution >= 0.6 is 0 Å². The van der Waals surface area contributed by atoms with Crippen molar-refractivity contribution in [2.75, 3.05) is 6.61 Å². The van der Waals surface area contributed by atoms with Gasteiger partial charge in [0.1, 0.15) is 0 Å². The summed E-state index contributed by atoms with van der Waals surface area (Å²) >= 11 is 0. The summed E-state index contributed by atoms with van der Waals surface area (Å²) in [5.41, 5.74) is 4.97. The topological polar surface area (TPSA) is 69.5 Å². The maximum atomic E-state index is 13.5. The molecule has 0 spiro atoms. The minimum atomic E-state index is -0.422. The van der Waals surface area contributed by atoms with Crippen LogP contribution in [0, 0.1) is 5.92 Å². The van der Waals surface area contributed by atoms with Crippen molar-refractivity contribution in [1.29, 1.82) is 0 Å². The van der Waals surface area contributed by atoms with Gasteiger partial charge in [-0.15, -0.1) is 0 Å². The number of ether oxygens (including phenoxy) is 1. The summed E-state index contributed by atoms with van der Waals surface area (Å²) in [5.74, 6) is -0.325. The van der Waals surface area contributed by atoms with Crippen LogP contribution in [0.3, 0.4) is 0 Å². The van der Waals surface area contributed by atoms with Crippen molar-refractivity contribution in [2.24, 2.45) is 5.92 Å². The molecule has 160 valence electrons. The molecule has 2 aromatic rings. The van der Waals surface area contributed by atoms with Crippen LogP contribution in [0.4, 0.5) is 0 Å². The maximum absolute atomic E-state index is 13.5. The molecular weight excluding hydrogens is 388 g/mol. The van der Waals surface area contributed by atoms with E-state index in [1.165, 1.54) is 5.56 Å². The number of ketones is 1. The number of hydrogen-bond donors (Lipinski definition) is 1. The van der Waals surface area contributed by atoms with E-state index < -0.39 is 5.92 Å². The predicted molar refractivity (Wildman–Crippen MR) is 118 cm³/mol. The Kier molecular flexibility index (Phi) is 6.03. The van der Waals surface area contributed by atoms with Gasteiger partial charge in [0, 0.05) is 41.4 Å². The monoisotopic (exact) mass is 417 g/mol. The lowest BCUT2D eigenvalue weighted by molar-refractivity contribution is -0.378. The van der Waals surface area contributed by atoms with Crippen molar-refractivity contribution in [3.63, 3.8) is 0 Å². The first-order valence-electron chi connectivity index (χ1n) is 10.9. The maximum Gasteiger partial charge on any atom is 0.336 e. The molecule has 2 heterocycles. The van der Waals surface area contributed by atoms with Crippen LogP contribution in [0.15, 0.2) is 77.4 Å². The van der Waals surface area contributed by atoms with E-state index in [-0.39, 0.29) is 23.6 Å². The summed E-state index contributed by atoms with van der Waals surface area (Å²) in [6, 6.07) is 14.0. The second-order valence-electron chi connectivity index (χ2n) is 8.75. The quantitative estimate of drug-likeness (QED) is 0.745. The van der Waals surface area contributed by atoms with E-state index in [9.17, 15) is 9.59 Å². The molecule has 1 aliphatic carbocycles. The van der Waals surface area contributed by atoms with Crippen LogP contribution in [0.1, 0.15) is 56.6 Å². The molecule has 0 fully saturated rings. The second-order valence-corrected chi connectivity index (χ2v) is 8.75. The number of allylic oxidation sites excluding steroid dienone is 3. The van der Waals surface area contributed by atoms with Gasteiger partial charge in [0.2, 0.25) is 0 Å². The molecule has 5 nitrogen and oxygen atoms in total. The van der Waals surface area contributed by atoms with Gasteiger partial charge in [-0.3, -0.25) is 4.79 Å². The summed E-state index contributed by atoms with van der Waals surface area (Å²) in [6.07, 6.45) is 4.83. The minimum Gasteiger partial charge on any atom is -0.462 e. The number of benzene rings is 1. The number of dihydropyridines is 1. The van der Waals surface area contributed by atoms with Crippen LogP contribution in [-0.4, -0.2) is 18.4 Å². The van der Waals surface area contributed by atoms with Gasteiger partial charge in [-0.2, -0.15) is 0 Å². The molecule has 1 aromatic heterocycles. The number of esters is 1. The lowest BCUT2D eigenvalue weighted by Gasteiger charge is -2.36. The van der Waals surface area contributed by atoms with Gasteiger partial charge >= 0.3 is 5.97 Å². The minimum absolute atomic E-state index is 0.0853. The Hall–Kier alpha value is -3.21. The van der Waals surface area contributed by atoms with E-state index in [1.807, 2.05) is 63.5 Å². The van der Waals surface area contributed by atoms with Gasteiger partial charge in [0.05, 0.1) is 12.2 Å². The second kappa shape index (κ2) is 8.88. The molecule has 4 rings (SSSR count). The predicted octanol–water partition coefficient (Wildman–Crippen LogP) is 4.06. The summed E-state index contributed by atoms with van der Waals surface area (Å²) in [4.78, 5) is 29.6. The largest absolute Gasteiger partial charge is 0.462 e. The van der Waals surface area contributed by atoms with Crippen molar-refractivity contribution in [1.82, 2.24) is 5.32 Å². The van der Waals surface area contributed by atoms with Crippen molar-refractivity contribution in [3.8, 4) is 0 Å². The smallest absolute Gasteiger partial charge is 0.336 e. The fourth-order valence-electron chi connectivity index (χ4n) is 4.52. The Morgan fingerprint density at radius 2 is 1.81 bits per heavy atom. The number of carbonyl (C=O) groups is 2. The van der Waals surface area contributed by atoms with Crippen molar-refractivity contribution in [2.45, 2.75) is 45.4 Å². The van der Waals surface area contributed by atoms with Gasteiger partial charge in [-0.05, 0) is 36.3 Å². The number of aromatic amines is 1. The SMILES string of the molecule is CC1=C(C(=O)OCC(C)C)C(c2cc[nH+]cc2)C2=C(CC(c3ccccc3)CC2=O)N1. The number of Topliss-reactive ketones (excluding diaryl/α,β-unsaturated/α-hetero) is 1. The van der Waals surface area contributed by atoms with E-state index in [2.05, 4.69) is 22.4 Å². The third-order valence-electron chi connectivity index (χ3n) is 5.94.